The van der Waals surface area contributed by atoms with E-state index >= 15 is 0 Å². The third kappa shape index (κ3) is 3.21. The molecule has 0 saturated heterocycles. The highest BCUT2D eigenvalue weighted by atomic mass is 32.2. The van der Waals surface area contributed by atoms with Crippen molar-refractivity contribution in [3.8, 4) is 0 Å². The van der Waals surface area contributed by atoms with Crippen LogP contribution < -0.4 is 0 Å². The minimum absolute atomic E-state index is 0. The van der Waals surface area contributed by atoms with Crippen LogP contribution in [0.3, 0.4) is 0 Å². The molecule has 1 aromatic heterocycles. The Bertz CT molecular complexity index is 695. The van der Waals surface area contributed by atoms with Crippen LogP contribution in [0.4, 0.5) is 0 Å². The van der Waals surface area contributed by atoms with Crippen molar-refractivity contribution in [2.45, 2.75) is 52.4 Å². The maximum Gasteiger partial charge on any atom is 0.267 e. The van der Waals surface area contributed by atoms with Crippen LogP contribution in [0, 0.1) is 6.92 Å². The Balaban J connectivity index is 0.00000220. The van der Waals surface area contributed by atoms with Gasteiger partial charge in [-0.05, 0) is 43.0 Å². The van der Waals surface area contributed by atoms with Crippen molar-refractivity contribution < 1.29 is 8.42 Å². The number of aromatic nitrogens is 1. The fraction of sp³-hybridized carbons (Fsp3) is 0.412. The van der Waals surface area contributed by atoms with Crippen LogP contribution in [-0.4, -0.2) is 12.4 Å². The summed E-state index contributed by atoms with van der Waals surface area (Å²) >= 11 is 0. The number of hydrogen-bond donors (Lipinski definition) is 0. The van der Waals surface area contributed by atoms with E-state index in [1.807, 2.05) is 32.0 Å². The maximum atomic E-state index is 12.7. The van der Waals surface area contributed by atoms with E-state index in [1.54, 1.807) is 18.3 Å². The minimum Gasteiger partial charge on any atom is -0.246 e. The van der Waals surface area contributed by atoms with E-state index in [9.17, 15) is 8.42 Å². The van der Waals surface area contributed by atoms with Crippen molar-refractivity contribution in [3.63, 3.8) is 0 Å². The van der Waals surface area contributed by atoms with Gasteiger partial charge in [-0.1, -0.05) is 45.9 Å². The Kier molecular flexibility index (Phi) is 5.40. The molecule has 0 radical (unpaired) electrons. The Morgan fingerprint density at radius 1 is 1.10 bits per heavy atom. The molecule has 0 aliphatic carbocycles. The van der Waals surface area contributed by atoms with Gasteiger partial charge in [-0.3, -0.25) is 0 Å². The first-order valence-electron chi connectivity index (χ1n) is 6.90. The molecule has 116 valence electrons. The van der Waals surface area contributed by atoms with Gasteiger partial charge in [0.05, 0.1) is 4.90 Å². The van der Waals surface area contributed by atoms with Gasteiger partial charge in [0.1, 0.15) is 0 Å². The van der Waals surface area contributed by atoms with Crippen molar-refractivity contribution >= 4 is 10.0 Å². The van der Waals surface area contributed by atoms with Gasteiger partial charge in [0, 0.05) is 11.9 Å². The number of rotatable bonds is 4. The molecule has 0 amide bonds. The second kappa shape index (κ2) is 6.48. The summed E-state index contributed by atoms with van der Waals surface area (Å²) in [6, 6.07) is 8.89. The molecular formula is C17H25NO2S. The second-order valence-electron chi connectivity index (χ2n) is 5.34. The molecule has 1 aromatic carbocycles. The van der Waals surface area contributed by atoms with Crippen molar-refractivity contribution in [1.29, 1.82) is 0 Å². The van der Waals surface area contributed by atoms with Crippen LogP contribution >= 0.6 is 0 Å². The standard InChI is InChI=1S/C16H21NO2S.CH4/c1-5-16-15(12(2)3)10-11-17(16)20(18,19)14-8-6-13(4)7-9-14;/h6-12H,5H2,1-4H3;1H4. The Labute approximate surface area is 128 Å². The van der Waals surface area contributed by atoms with Crippen molar-refractivity contribution in [2.24, 2.45) is 0 Å². The molecule has 1 heterocycles. The minimum atomic E-state index is -3.49. The van der Waals surface area contributed by atoms with E-state index in [4.69, 9.17) is 0 Å². The summed E-state index contributed by atoms with van der Waals surface area (Å²) in [5.74, 6) is 0.319. The number of nitrogens with zero attached hydrogens (tertiary/aromatic N) is 1. The highest BCUT2D eigenvalue weighted by molar-refractivity contribution is 7.90. The number of aryl methyl sites for hydroxylation is 1. The van der Waals surface area contributed by atoms with Crippen LogP contribution in [0.2, 0.25) is 0 Å². The molecule has 4 heteroatoms. The van der Waals surface area contributed by atoms with Gasteiger partial charge in [0.15, 0.2) is 0 Å². The van der Waals surface area contributed by atoms with Gasteiger partial charge in [-0.2, -0.15) is 0 Å². The molecule has 0 fully saturated rings. The molecule has 2 aromatic rings. The molecule has 0 bridgehead atoms. The lowest BCUT2D eigenvalue weighted by molar-refractivity contribution is 0.585. The normalized spacial score (nSPS) is 11.5. The highest BCUT2D eigenvalue weighted by Crippen LogP contribution is 2.25. The van der Waals surface area contributed by atoms with E-state index in [2.05, 4.69) is 13.8 Å². The average Bonchev–Trinajstić information content (AvgIpc) is 2.83. The Morgan fingerprint density at radius 2 is 1.67 bits per heavy atom. The largest absolute Gasteiger partial charge is 0.267 e. The molecule has 0 atom stereocenters. The van der Waals surface area contributed by atoms with Gasteiger partial charge in [-0.25, -0.2) is 12.4 Å². The summed E-state index contributed by atoms with van der Waals surface area (Å²) in [5, 5.41) is 0. The quantitative estimate of drug-likeness (QED) is 0.842. The van der Waals surface area contributed by atoms with Crippen molar-refractivity contribution in [3.05, 3.63) is 53.3 Å². The van der Waals surface area contributed by atoms with Crippen LogP contribution in [0.1, 0.15) is 50.9 Å². The maximum absolute atomic E-state index is 12.7. The molecule has 2 rings (SSSR count). The Morgan fingerprint density at radius 3 is 2.14 bits per heavy atom. The van der Waals surface area contributed by atoms with E-state index in [-0.39, 0.29) is 7.43 Å². The molecule has 21 heavy (non-hydrogen) atoms. The SMILES string of the molecule is C.CCc1c(C(C)C)ccn1S(=O)(=O)c1ccc(C)cc1. The van der Waals surface area contributed by atoms with Crippen LogP contribution in [0.25, 0.3) is 0 Å². The van der Waals surface area contributed by atoms with Gasteiger partial charge < -0.3 is 0 Å². The predicted molar refractivity (Wildman–Crippen MR) is 88.4 cm³/mol. The molecule has 0 saturated carbocycles. The molecular weight excluding hydrogens is 282 g/mol. The third-order valence-electron chi connectivity index (χ3n) is 3.52. The first-order valence-corrected chi connectivity index (χ1v) is 8.34. The lowest BCUT2D eigenvalue weighted by Gasteiger charge is -2.12. The van der Waals surface area contributed by atoms with Gasteiger partial charge in [0.25, 0.3) is 10.0 Å². The molecule has 0 N–H and O–H groups in total. The summed E-state index contributed by atoms with van der Waals surface area (Å²) < 4.78 is 26.9. The van der Waals surface area contributed by atoms with Crippen molar-refractivity contribution in [2.75, 3.05) is 0 Å². The highest BCUT2D eigenvalue weighted by Gasteiger charge is 2.21. The summed E-state index contributed by atoms with van der Waals surface area (Å²) in [6.07, 6.45) is 2.37. The van der Waals surface area contributed by atoms with Crippen LogP contribution in [-0.2, 0) is 16.4 Å². The zero-order valence-corrected chi connectivity index (χ0v) is 13.2. The third-order valence-corrected chi connectivity index (χ3v) is 5.25. The lowest BCUT2D eigenvalue weighted by Crippen LogP contribution is -2.15. The van der Waals surface area contributed by atoms with Crippen molar-refractivity contribution in [1.82, 2.24) is 3.97 Å². The van der Waals surface area contributed by atoms with Crippen LogP contribution in [0.15, 0.2) is 41.4 Å². The van der Waals surface area contributed by atoms with E-state index in [0.717, 1.165) is 16.8 Å². The molecule has 0 spiro atoms. The summed E-state index contributed by atoms with van der Waals surface area (Å²) in [5.41, 5.74) is 3.03. The average molecular weight is 307 g/mol. The second-order valence-corrected chi connectivity index (χ2v) is 7.15. The molecule has 3 nitrogen and oxygen atoms in total. The first-order chi connectivity index (χ1) is 9.37. The zero-order chi connectivity index (χ0) is 14.9. The van der Waals surface area contributed by atoms with Crippen LogP contribution in [0.5, 0.6) is 0 Å². The van der Waals surface area contributed by atoms with E-state index < -0.39 is 10.0 Å². The number of benzene rings is 1. The smallest absolute Gasteiger partial charge is 0.246 e. The lowest BCUT2D eigenvalue weighted by atomic mass is 10.0. The zero-order valence-electron chi connectivity index (χ0n) is 12.4. The molecule has 0 aliphatic rings. The number of hydrogen-bond acceptors (Lipinski definition) is 2. The summed E-state index contributed by atoms with van der Waals surface area (Å²) in [6.45, 7) is 8.09. The monoisotopic (exact) mass is 307 g/mol. The van der Waals surface area contributed by atoms with Gasteiger partial charge in [0.2, 0.25) is 0 Å². The summed E-state index contributed by atoms with van der Waals surface area (Å²) in [7, 11) is -3.49. The van der Waals surface area contributed by atoms with Gasteiger partial charge >= 0.3 is 0 Å². The topological polar surface area (TPSA) is 39.1 Å². The van der Waals surface area contributed by atoms with Gasteiger partial charge in [-0.15, -0.1) is 0 Å². The fourth-order valence-corrected chi connectivity index (χ4v) is 3.85. The summed E-state index contributed by atoms with van der Waals surface area (Å²) in [4.78, 5) is 0.337. The fourth-order valence-electron chi connectivity index (χ4n) is 2.40. The molecule has 0 aliphatic heterocycles. The Hall–Kier alpha value is -1.55. The first kappa shape index (κ1) is 17.5. The predicted octanol–water partition coefficient (Wildman–Crippen LogP) is 4.36. The van der Waals surface area contributed by atoms with E-state index in [0.29, 0.717) is 17.2 Å². The molecule has 0 unspecified atom stereocenters. The van der Waals surface area contributed by atoms with E-state index in [1.165, 1.54) is 3.97 Å².